The van der Waals surface area contributed by atoms with E-state index in [0.29, 0.717) is 0 Å². The molecule has 1 heterocycles. The van der Waals surface area contributed by atoms with Crippen LogP contribution in [0.3, 0.4) is 0 Å². The third kappa shape index (κ3) is 1.82. The van der Waals surface area contributed by atoms with Crippen molar-refractivity contribution in [1.82, 2.24) is 0 Å². The molecule has 0 radical (unpaired) electrons. The average Bonchev–Trinajstić information content (AvgIpc) is 2.50. The minimum atomic E-state index is -1.28. The summed E-state index contributed by atoms with van der Waals surface area (Å²) in [6, 6.07) is 0. The first-order chi connectivity index (χ1) is 7.88. The normalized spacial score (nSPS) is 44.6. The third-order valence-corrected chi connectivity index (χ3v) is 3.56. The number of ether oxygens (including phenoxy) is 2. The Bertz CT molecular complexity index is 361. The van der Waals surface area contributed by atoms with Crippen LogP contribution in [0.1, 0.15) is 13.3 Å². The largest absolute Gasteiger partial charge is 0.472 e. The van der Waals surface area contributed by atoms with Gasteiger partial charge in [0.25, 0.3) is 0 Å². The molecule has 1 saturated carbocycles. The molecule has 0 bridgehead atoms. The maximum absolute atomic E-state index is 11.5. The zero-order valence-electron chi connectivity index (χ0n) is 9.66. The van der Waals surface area contributed by atoms with Gasteiger partial charge in [0.15, 0.2) is 0 Å². The van der Waals surface area contributed by atoms with Gasteiger partial charge >= 0.3 is 5.97 Å². The van der Waals surface area contributed by atoms with E-state index >= 15 is 0 Å². The number of hydrogen-bond donors (Lipinski definition) is 3. The monoisotopic (exact) mass is 244 g/mol. The molecule has 0 aromatic rings. The van der Waals surface area contributed by atoms with Crippen LogP contribution in [0.4, 0.5) is 0 Å². The van der Waals surface area contributed by atoms with Crippen molar-refractivity contribution in [2.24, 2.45) is 11.8 Å². The number of carbonyl (C=O) groups is 1. The molecule has 0 aromatic carbocycles. The summed E-state index contributed by atoms with van der Waals surface area (Å²) in [7, 11) is 1.22. The van der Waals surface area contributed by atoms with Gasteiger partial charge in [-0.3, -0.25) is 0 Å². The second-order valence-corrected chi connectivity index (χ2v) is 4.77. The van der Waals surface area contributed by atoms with Gasteiger partial charge < -0.3 is 24.8 Å². The Balaban J connectivity index is 2.38. The summed E-state index contributed by atoms with van der Waals surface area (Å²) in [6.07, 6.45) is -0.959. The fourth-order valence-electron chi connectivity index (χ4n) is 2.81. The van der Waals surface area contributed by atoms with Crippen LogP contribution in [0.5, 0.6) is 0 Å². The summed E-state index contributed by atoms with van der Waals surface area (Å²) in [5.41, 5.74) is -1.13. The molecule has 1 aliphatic carbocycles. The first-order valence-electron chi connectivity index (χ1n) is 5.41. The summed E-state index contributed by atoms with van der Waals surface area (Å²) in [6.45, 7) is 1.51. The minimum Gasteiger partial charge on any atom is -0.472 e. The topological polar surface area (TPSA) is 96.2 Å². The van der Waals surface area contributed by atoms with Crippen molar-refractivity contribution in [3.8, 4) is 0 Å². The Morgan fingerprint density at radius 1 is 1.59 bits per heavy atom. The van der Waals surface area contributed by atoms with Gasteiger partial charge in [0, 0.05) is 12.3 Å². The molecule has 2 aliphatic rings. The van der Waals surface area contributed by atoms with Crippen LogP contribution in [0.15, 0.2) is 11.8 Å². The number of esters is 1. The number of aliphatic hydroxyl groups is 3. The molecule has 17 heavy (non-hydrogen) atoms. The van der Waals surface area contributed by atoms with Crippen LogP contribution in [0.2, 0.25) is 0 Å². The van der Waals surface area contributed by atoms with Crippen molar-refractivity contribution in [3.05, 3.63) is 11.8 Å². The maximum Gasteiger partial charge on any atom is 0.337 e. The van der Waals surface area contributed by atoms with E-state index in [4.69, 9.17) is 4.74 Å². The van der Waals surface area contributed by atoms with Crippen molar-refractivity contribution < 1.29 is 29.6 Å². The van der Waals surface area contributed by atoms with Crippen LogP contribution in [0, 0.1) is 11.8 Å². The summed E-state index contributed by atoms with van der Waals surface area (Å²) in [5, 5.41) is 29.8. The Morgan fingerprint density at radius 3 is 2.82 bits per heavy atom. The van der Waals surface area contributed by atoms with E-state index < -0.39 is 35.8 Å². The zero-order chi connectivity index (χ0) is 12.8. The number of aliphatic hydroxyl groups excluding tert-OH is 2. The first-order valence-corrected chi connectivity index (χ1v) is 5.41. The number of methoxy groups -OCH3 is 1. The van der Waals surface area contributed by atoms with Crippen molar-refractivity contribution in [1.29, 1.82) is 0 Å². The van der Waals surface area contributed by atoms with Crippen molar-refractivity contribution in [2.75, 3.05) is 7.11 Å². The molecule has 5 unspecified atom stereocenters. The van der Waals surface area contributed by atoms with Gasteiger partial charge in [0.1, 0.15) is 0 Å². The zero-order valence-corrected chi connectivity index (χ0v) is 9.66. The second kappa shape index (κ2) is 3.97. The molecule has 0 spiro atoms. The molecule has 2 rings (SSSR count). The average molecular weight is 244 g/mol. The lowest BCUT2D eigenvalue weighted by molar-refractivity contribution is -0.167. The summed E-state index contributed by atoms with van der Waals surface area (Å²) < 4.78 is 9.52. The molecule has 0 amide bonds. The van der Waals surface area contributed by atoms with E-state index in [1.54, 1.807) is 0 Å². The fraction of sp³-hybridized carbons (Fsp3) is 0.727. The smallest absolute Gasteiger partial charge is 0.337 e. The molecule has 0 saturated heterocycles. The molecular formula is C11H16O6. The highest BCUT2D eigenvalue weighted by Crippen LogP contribution is 2.48. The van der Waals surface area contributed by atoms with E-state index in [-0.39, 0.29) is 12.0 Å². The van der Waals surface area contributed by atoms with Crippen LogP contribution in [-0.2, 0) is 14.3 Å². The van der Waals surface area contributed by atoms with Crippen LogP contribution in [0.25, 0.3) is 0 Å². The fourth-order valence-corrected chi connectivity index (χ4v) is 2.81. The van der Waals surface area contributed by atoms with Gasteiger partial charge in [-0.05, 0) is 6.92 Å². The van der Waals surface area contributed by atoms with Crippen LogP contribution in [-0.4, -0.2) is 46.4 Å². The highest BCUT2D eigenvalue weighted by atomic mass is 16.6. The standard InChI is InChI=1S/C11H16O6/c1-11(15)3-6(12)7-5(9(13)16-2)4-17-10(14)8(7)11/h4,6-8,10,12,14-15H,3H2,1-2H3. The second-order valence-electron chi connectivity index (χ2n) is 4.77. The molecular weight excluding hydrogens is 228 g/mol. The Hall–Kier alpha value is -1.11. The van der Waals surface area contributed by atoms with Gasteiger partial charge in [0.2, 0.25) is 6.29 Å². The van der Waals surface area contributed by atoms with E-state index in [1.807, 2.05) is 0 Å². The summed E-state index contributed by atoms with van der Waals surface area (Å²) in [4.78, 5) is 11.5. The third-order valence-electron chi connectivity index (χ3n) is 3.56. The van der Waals surface area contributed by atoms with Gasteiger partial charge in [0.05, 0.1) is 36.6 Å². The van der Waals surface area contributed by atoms with Crippen molar-refractivity contribution in [3.63, 3.8) is 0 Å². The van der Waals surface area contributed by atoms with E-state index in [0.717, 1.165) is 6.26 Å². The van der Waals surface area contributed by atoms with Gasteiger partial charge in [-0.15, -0.1) is 0 Å². The quantitative estimate of drug-likeness (QED) is 0.519. The van der Waals surface area contributed by atoms with Crippen molar-refractivity contribution in [2.45, 2.75) is 31.3 Å². The lowest BCUT2D eigenvalue weighted by atomic mass is 9.81. The number of rotatable bonds is 1. The number of hydrogen-bond acceptors (Lipinski definition) is 6. The van der Waals surface area contributed by atoms with Crippen molar-refractivity contribution >= 4 is 5.97 Å². The summed E-state index contributed by atoms with van der Waals surface area (Å²) >= 11 is 0. The Labute approximate surface area is 98.5 Å². The Morgan fingerprint density at radius 2 is 2.24 bits per heavy atom. The minimum absolute atomic E-state index is 0.0804. The molecule has 1 aliphatic heterocycles. The maximum atomic E-state index is 11.5. The van der Waals surface area contributed by atoms with Gasteiger partial charge in [-0.25, -0.2) is 4.79 Å². The highest BCUT2D eigenvalue weighted by molar-refractivity contribution is 5.89. The Kier molecular flexibility index (Phi) is 2.89. The first kappa shape index (κ1) is 12.3. The lowest BCUT2D eigenvalue weighted by Gasteiger charge is -2.35. The van der Waals surface area contributed by atoms with Gasteiger partial charge in [-0.1, -0.05) is 0 Å². The molecule has 6 nitrogen and oxygen atoms in total. The van der Waals surface area contributed by atoms with E-state index in [2.05, 4.69) is 4.74 Å². The SMILES string of the molecule is COC(=O)C1=COC(O)C2C1C(O)CC2(C)O. The highest BCUT2D eigenvalue weighted by Gasteiger charge is 2.57. The molecule has 5 atom stereocenters. The lowest BCUT2D eigenvalue weighted by Crippen LogP contribution is -2.45. The van der Waals surface area contributed by atoms with Gasteiger partial charge in [-0.2, -0.15) is 0 Å². The molecule has 0 aromatic heterocycles. The number of fused-ring (bicyclic) bond motifs is 1. The van der Waals surface area contributed by atoms with Crippen LogP contribution < -0.4 is 0 Å². The van der Waals surface area contributed by atoms with E-state index in [9.17, 15) is 20.1 Å². The molecule has 96 valence electrons. The number of carbonyl (C=O) groups excluding carboxylic acids is 1. The molecule has 6 heteroatoms. The van der Waals surface area contributed by atoms with E-state index in [1.165, 1.54) is 14.0 Å². The molecule has 1 fully saturated rings. The predicted octanol–water partition coefficient (Wildman–Crippen LogP) is -0.860. The summed E-state index contributed by atoms with van der Waals surface area (Å²) in [5.74, 6) is -2.03. The molecule has 3 N–H and O–H groups in total. The predicted molar refractivity (Wildman–Crippen MR) is 55.4 cm³/mol. The van der Waals surface area contributed by atoms with Crippen LogP contribution >= 0.6 is 0 Å².